The molecule has 2 atom stereocenters. The Labute approximate surface area is 104 Å². The predicted octanol–water partition coefficient (Wildman–Crippen LogP) is 3.66. The second kappa shape index (κ2) is 3.94. The Kier molecular flexibility index (Phi) is 2.89. The summed E-state index contributed by atoms with van der Waals surface area (Å²) in [6, 6.07) is 5.37. The van der Waals surface area contributed by atoms with Gasteiger partial charge in [-0.2, -0.15) is 0 Å². The first-order valence-corrected chi connectivity index (χ1v) is 5.78. The van der Waals surface area contributed by atoms with Crippen molar-refractivity contribution >= 4 is 29.2 Å². The molecular formula is C12H12Cl2O2. The summed E-state index contributed by atoms with van der Waals surface area (Å²) in [6.45, 7) is 1.90. The molecule has 0 amide bonds. The summed E-state index contributed by atoms with van der Waals surface area (Å²) in [6.07, 6.45) is 0.779. The molecule has 0 aliphatic heterocycles. The van der Waals surface area contributed by atoms with Gasteiger partial charge < -0.3 is 4.74 Å². The minimum Gasteiger partial charge on any atom is -0.469 e. The van der Waals surface area contributed by atoms with Gasteiger partial charge in [-0.15, -0.1) is 0 Å². The van der Waals surface area contributed by atoms with E-state index in [2.05, 4.69) is 0 Å². The summed E-state index contributed by atoms with van der Waals surface area (Å²) < 4.78 is 4.78. The number of methoxy groups -OCH3 is 1. The first-order valence-electron chi connectivity index (χ1n) is 5.02. The Balaban J connectivity index is 2.26. The number of rotatable bonds is 2. The van der Waals surface area contributed by atoms with Crippen LogP contribution in [0.15, 0.2) is 18.2 Å². The van der Waals surface area contributed by atoms with Crippen LogP contribution in [-0.4, -0.2) is 13.1 Å². The van der Waals surface area contributed by atoms with Gasteiger partial charge in [0.25, 0.3) is 0 Å². The van der Waals surface area contributed by atoms with Crippen molar-refractivity contribution in [1.82, 2.24) is 0 Å². The first-order chi connectivity index (χ1) is 7.49. The third-order valence-electron chi connectivity index (χ3n) is 3.23. The smallest absolute Gasteiger partial charge is 0.312 e. The fourth-order valence-electron chi connectivity index (χ4n) is 2.06. The van der Waals surface area contributed by atoms with Crippen molar-refractivity contribution in [1.29, 1.82) is 0 Å². The fourth-order valence-corrected chi connectivity index (χ4v) is 2.60. The Bertz CT molecular complexity index is 445. The van der Waals surface area contributed by atoms with Crippen molar-refractivity contribution in [2.24, 2.45) is 5.41 Å². The zero-order valence-electron chi connectivity index (χ0n) is 9.09. The monoisotopic (exact) mass is 258 g/mol. The van der Waals surface area contributed by atoms with Crippen LogP contribution in [0, 0.1) is 5.41 Å². The lowest BCUT2D eigenvalue weighted by Crippen LogP contribution is -2.15. The zero-order chi connectivity index (χ0) is 11.9. The van der Waals surface area contributed by atoms with Gasteiger partial charge in [0.1, 0.15) is 0 Å². The molecule has 0 saturated heterocycles. The lowest BCUT2D eigenvalue weighted by Gasteiger charge is -2.09. The molecule has 4 heteroatoms. The number of benzene rings is 1. The standard InChI is InChI=1S/C12H12Cl2O2/c1-12(11(15)16-2)6-9(12)8-4-3-7(13)5-10(8)14/h3-5,9H,6H2,1-2H3/t9?,12-/m0/s1. The number of hydrogen-bond acceptors (Lipinski definition) is 2. The highest BCUT2D eigenvalue weighted by Gasteiger charge is 2.58. The summed E-state index contributed by atoms with van der Waals surface area (Å²) in [4.78, 5) is 11.6. The number of carbonyl (C=O) groups is 1. The van der Waals surface area contributed by atoms with E-state index in [1.807, 2.05) is 13.0 Å². The lowest BCUT2D eigenvalue weighted by atomic mass is 10.0. The average molecular weight is 259 g/mol. The van der Waals surface area contributed by atoms with Gasteiger partial charge in [0, 0.05) is 16.0 Å². The molecule has 1 aliphatic rings. The van der Waals surface area contributed by atoms with Crippen molar-refractivity contribution in [2.45, 2.75) is 19.3 Å². The molecule has 2 rings (SSSR count). The maximum Gasteiger partial charge on any atom is 0.312 e. The van der Waals surface area contributed by atoms with Crippen molar-refractivity contribution in [3.8, 4) is 0 Å². The molecule has 0 heterocycles. The summed E-state index contributed by atoms with van der Waals surface area (Å²) in [7, 11) is 1.41. The van der Waals surface area contributed by atoms with Crippen LogP contribution in [0.3, 0.4) is 0 Å². The second-order valence-corrected chi connectivity index (χ2v) is 5.18. The molecule has 0 bridgehead atoms. The van der Waals surface area contributed by atoms with Gasteiger partial charge in [0.2, 0.25) is 0 Å². The van der Waals surface area contributed by atoms with Crippen molar-refractivity contribution in [3.63, 3.8) is 0 Å². The van der Waals surface area contributed by atoms with Crippen LogP contribution < -0.4 is 0 Å². The fraction of sp³-hybridized carbons (Fsp3) is 0.417. The SMILES string of the molecule is COC(=O)[C@@]1(C)CC1c1ccc(Cl)cc1Cl. The van der Waals surface area contributed by atoms with E-state index in [-0.39, 0.29) is 11.9 Å². The molecule has 1 aliphatic carbocycles. The largest absolute Gasteiger partial charge is 0.469 e. The predicted molar refractivity (Wildman–Crippen MR) is 63.9 cm³/mol. The van der Waals surface area contributed by atoms with Gasteiger partial charge in [-0.3, -0.25) is 4.79 Å². The highest BCUT2D eigenvalue weighted by atomic mass is 35.5. The van der Waals surface area contributed by atoms with E-state index in [0.717, 1.165) is 12.0 Å². The molecule has 1 fully saturated rings. The topological polar surface area (TPSA) is 26.3 Å². The molecule has 2 nitrogen and oxygen atoms in total. The van der Waals surface area contributed by atoms with Crippen LogP contribution in [0.25, 0.3) is 0 Å². The van der Waals surface area contributed by atoms with Crippen molar-refractivity contribution < 1.29 is 9.53 Å². The van der Waals surface area contributed by atoms with Gasteiger partial charge in [-0.1, -0.05) is 29.3 Å². The molecule has 0 aromatic heterocycles. The highest BCUT2D eigenvalue weighted by Crippen LogP contribution is 2.60. The van der Waals surface area contributed by atoms with Gasteiger partial charge in [-0.05, 0) is 31.0 Å². The second-order valence-electron chi connectivity index (χ2n) is 4.33. The van der Waals surface area contributed by atoms with E-state index >= 15 is 0 Å². The van der Waals surface area contributed by atoms with E-state index in [9.17, 15) is 4.79 Å². The number of halogens is 2. The van der Waals surface area contributed by atoms with Gasteiger partial charge >= 0.3 is 5.97 Å². The van der Waals surface area contributed by atoms with Crippen LogP contribution >= 0.6 is 23.2 Å². The highest BCUT2D eigenvalue weighted by molar-refractivity contribution is 6.35. The van der Waals surface area contributed by atoms with Crippen LogP contribution in [0.2, 0.25) is 10.0 Å². The molecule has 0 radical (unpaired) electrons. The molecule has 1 saturated carbocycles. The minimum absolute atomic E-state index is 0.143. The lowest BCUT2D eigenvalue weighted by molar-refractivity contribution is -0.146. The molecule has 1 aromatic carbocycles. The van der Waals surface area contributed by atoms with Crippen LogP contribution in [0.5, 0.6) is 0 Å². The Hall–Kier alpha value is -0.730. The van der Waals surface area contributed by atoms with Crippen molar-refractivity contribution in [2.75, 3.05) is 7.11 Å². The van der Waals surface area contributed by atoms with Crippen LogP contribution in [0.4, 0.5) is 0 Å². The summed E-state index contributed by atoms with van der Waals surface area (Å²) in [5, 5.41) is 1.22. The molecular weight excluding hydrogens is 247 g/mol. The third kappa shape index (κ3) is 1.80. The Morgan fingerprint density at radius 3 is 2.75 bits per heavy atom. The molecule has 0 spiro atoms. The van der Waals surface area contributed by atoms with Crippen molar-refractivity contribution in [3.05, 3.63) is 33.8 Å². The molecule has 16 heavy (non-hydrogen) atoms. The van der Waals surface area contributed by atoms with E-state index in [1.165, 1.54) is 7.11 Å². The number of ether oxygens (including phenoxy) is 1. The quantitative estimate of drug-likeness (QED) is 0.757. The molecule has 0 N–H and O–H groups in total. The Morgan fingerprint density at radius 2 is 2.19 bits per heavy atom. The summed E-state index contributed by atoms with van der Waals surface area (Å²) in [5.41, 5.74) is 0.547. The van der Waals surface area contributed by atoms with E-state index in [4.69, 9.17) is 27.9 Å². The summed E-state index contributed by atoms with van der Waals surface area (Å²) >= 11 is 11.9. The van der Waals surface area contributed by atoms with E-state index in [0.29, 0.717) is 10.0 Å². The zero-order valence-corrected chi connectivity index (χ0v) is 10.6. The minimum atomic E-state index is -0.424. The van der Waals surface area contributed by atoms with Gasteiger partial charge in [0.15, 0.2) is 0 Å². The molecule has 1 aromatic rings. The number of hydrogen-bond donors (Lipinski definition) is 0. The summed E-state index contributed by atoms with van der Waals surface area (Å²) in [5.74, 6) is -0.0340. The van der Waals surface area contributed by atoms with E-state index < -0.39 is 5.41 Å². The number of carbonyl (C=O) groups excluding carboxylic acids is 1. The van der Waals surface area contributed by atoms with E-state index in [1.54, 1.807) is 12.1 Å². The molecule has 86 valence electrons. The maximum atomic E-state index is 11.6. The Morgan fingerprint density at radius 1 is 1.50 bits per heavy atom. The maximum absolute atomic E-state index is 11.6. The normalized spacial score (nSPS) is 27.6. The third-order valence-corrected chi connectivity index (χ3v) is 3.79. The van der Waals surface area contributed by atoms with Gasteiger partial charge in [-0.25, -0.2) is 0 Å². The van der Waals surface area contributed by atoms with Gasteiger partial charge in [0.05, 0.1) is 12.5 Å². The first kappa shape index (κ1) is 11.7. The number of esters is 1. The van der Waals surface area contributed by atoms with Crippen LogP contribution in [0.1, 0.15) is 24.8 Å². The average Bonchev–Trinajstić information content (AvgIpc) is 2.91. The molecule has 1 unspecified atom stereocenters. The van der Waals surface area contributed by atoms with Crippen LogP contribution in [-0.2, 0) is 9.53 Å².